The van der Waals surface area contributed by atoms with Crippen LogP contribution < -0.4 is 10.2 Å². The minimum atomic E-state index is -0.534. The number of nitrogens with one attached hydrogen (secondary N) is 1. The molecule has 1 aliphatic heterocycles. The molecule has 2 amide bonds. The Morgan fingerprint density at radius 2 is 2.08 bits per heavy atom. The van der Waals surface area contributed by atoms with E-state index in [9.17, 15) is 19.1 Å². The average Bonchev–Trinajstić information content (AvgIpc) is 3.01. The Morgan fingerprint density at radius 1 is 1.35 bits per heavy atom. The number of aliphatic hydroxyl groups excluding tert-OH is 1. The van der Waals surface area contributed by atoms with Crippen LogP contribution in [0.4, 0.5) is 14.9 Å². The summed E-state index contributed by atoms with van der Waals surface area (Å²) in [5.74, 6) is -0.332. The summed E-state index contributed by atoms with van der Waals surface area (Å²) in [5, 5.41) is 12.3. The Morgan fingerprint density at radius 3 is 2.73 bits per heavy atom. The molecule has 7 heteroatoms. The molecule has 2 fully saturated rings. The molecule has 6 nitrogen and oxygen atoms in total. The maximum atomic E-state index is 14.6. The van der Waals surface area contributed by atoms with E-state index in [1.807, 2.05) is 0 Å². The third-order valence-electron chi connectivity index (χ3n) is 5.15. The zero-order valence-electron chi connectivity index (χ0n) is 14.9. The highest BCUT2D eigenvalue weighted by Crippen LogP contribution is 2.35. The van der Waals surface area contributed by atoms with E-state index in [0.717, 1.165) is 12.8 Å². The Balaban J connectivity index is 1.65. The zero-order chi connectivity index (χ0) is 18.7. The number of cyclic esters (lactones) is 1. The number of anilines is 1. The number of carbonyl (C=O) groups is 2. The first-order valence-corrected chi connectivity index (χ1v) is 9.20. The van der Waals surface area contributed by atoms with E-state index >= 15 is 0 Å². The fourth-order valence-electron chi connectivity index (χ4n) is 3.59. The summed E-state index contributed by atoms with van der Waals surface area (Å²) in [5.41, 5.74) is 1.09. The van der Waals surface area contributed by atoms with Crippen molar-refractivity contribution in [3.8, 4) is 0 Å². The fourth-order valence-corrected chi connectivity index (χ4v) is 3.59. The first-order valence-electron chi connectivity index (χ1n) is 9.20. The van der Waals surface area contributed by atoms with Gasteiger partial charge < -0.3 is 15.2 Å². The maximum absolute atomic E-state index is 14.6. The smallest absolute Gasteiger partial charge is 0.414 e. The van der Waals surface area contributed by atoms with Crippen LogP contribution in [0.25, 0.3) is 0 Å². The molecule has 26 heavy (non-hydrogen) atoms. The minimum Gasteiger partial charge on any atom is -0.442 e. The maximum Gasteiger partial charge on any atom is 0.414 e. The van der Waals surface area contributed by atoms with Crippen LogP contribution in [-0.4, -0.2) is 42.4 Å². The predicted octanol–water partition coefficient (Wildman–Crippen LogP) is 2.70. The van der Waals surface area contributed by atoms with Crippen LogP contribution in [0.15, 0.2) is 18.2 Å². The summed E-state index contributed by atoms with van der Waals surface area (Å²) < 4.78 is 19.9. The van der Waals surface area contributed by atoms with E-state index < -0.39 is 12.2 Å². The summed E-state index contributed by atoms with van der Waals surface area (Å²) in [7, 11) is 0. The predicted molar refractivity (Wildman–Crippen MR) is 94.5 cm³/mol. The molecular weight excluding hydrogens is 339 g/mol. The first-order chi connectivity index (χ1) is 12.5. The van der Waals surface area contributed by atoms with Gasteiger partial charge in [0.2, 0.25) is 5.91 Å². The number of ether oxygens (including phenoxy) is 1. The molecule has 1 saturated carbocycles. The lowest BCUT2D eigenvalue weighted by atomic mass is 9.82. The Bertz CT molecular complexity index is 674. The van der Waals surface area contributed by atoms with Crippen LogP contribution in [0.2, 0.25) is 0 Å². The fraction of sp³-hybridized carbons (Fsp3) is 0.579. The van der Waals surface area contributed by atoms with Crippen molar-refractivity contribution in [1.29, 1.82) is 0 Å². The number of hydrogen-bond donors (Lipinski definition) is 2. The molecule has 3 rings (SSSR count). The average molecular weight is 364 g/mol. The van der Waals surface area contributed by atoms with Gasteiger partial charge in [0.15, 0.2) is 0 Å². The van der Waals surface area contributed by atoms with E-state index in [2.05, 4.69) is 5.32 Å². The second-order valence-electron chi connectivity index (χ2n) is 6.99. The summed E-state index contributed by atoms with van der Waals surface area (Å²) in [6.07, 6.45) is 2.03. The quantitative estimate of drug-likeness (QED) is 0.842. The van der Waals surface area contributed by atoms with Crippen LogP contribution in [0.1, 0.15) is 50.5 Å². The number of benzene rings is 1. The van der Waals surface area contributed by atoms with Crippen molar-refractivity contribution in [2.75, 3.05) is 18.0 Å². The largest absolute Gasteiger partial charge is 0.442 e. The first kappa shape index (κ1) is 18.6. The second kappa shape index (κ2) is 8.03. The summed E-state index contributed by atoms with van der Waals surface area (Å²) in [4.78, 5) is 24.8. The number of halogens is 1. The number of amides is 2. The highest BCUT2D eigenvalue weighted by molar-refractivity contribution is 5.89. The van der Waals surface area contributed by atoms with Gasteiger partial charge in [-0.25, -0.2) is 9.18 Å². The molecule has 1 aromatic carbocycles. The van der Waals surface area contributed by atoms with Crippen LogP contribution in [0.3, 0.4) is 0 Å². The lowest BCUT2D eigenvalue weighted by Gasteiger charge is -2.26. The van der Waals surface area contributed by atoms with E-state index in [-0.39, 0.29) is 36.8 Å². The molecule has 142 valence electrons. The third kappa shape index (κ3) is 4.15. The van der Waals surface area contributed by atoms with Gasteiger partial charge in [-0.2, -0.15) is 0 Å². The lowest BCUT2D eigenvalue weighted by molar-refractivity contribution is -0.121. The lowest BCUT2D eigenvalue weighted by Crippen LogP contribution is -2.34. The Kier molecular flexibility index (Phi) is 5.76. The zero-order valence-corrected chi connectivity index (χ0v) is 14.9. The number of nitrogens with zero attached hydrogens (tertiary/aromatic N) is 1. The third-order valence-corrected chi connectivity index (χ3v) is 5.15. The molecule has 0 bridgehead atoms. The summed E-state index contributed by atoms with van der Waals surface area (Å²) >= 11 is 0. The van der Waals surface area contributed by atoms with E-state index in [0.29, 0.717) is 30.5 Å². The van der Waals surface area contributed by atoms with Crippen molar-refractivity contribution in [3.63, 3.8) is 0 Å². The molecule has 1 aliphatic carbocycles. The van der Waals surface area contributed by atoms with Crippen LogP contribution in [0, 0.1) is 5.82 Å². The van der Waals surface area contributed by atoms with Crippen molar-refractivity contribution in [2.24, 2.45) is 0 Å². The van der Waals surface area contributed by atoms with E-state index in [1.165, 1.54) is 11.0 Å². The molecule has 2 aliphatic rings. The van der Waals surface area contributed by atoms with Crippen molar-refractivity contribution >= 4 is 17.7 Å². The molecule has 0 spiro atoms. The monoisotopic (exact) mass is 364 g/mol. The van der Waals surface area contributed by atoms with Gasteiger partial charge in [0.1, 0.15) is 11.9 Å². The summed E-state index contributed by atoms with van der Waals surface area (Å²) in [6, 6.07) is 4.83. The van der Waals surface area contributed by atoms with Gasteiger partial charge >= 0.3 is 6.09 Å². The number of carbonyl (C=O) groups excluding carboxylic acids is 2. The Hall–Kier alpha value is -2.15. The molecule has 1 atom stereocenters. The van der Waals surface area contributed by atoms with Gasteiger partial charge in [-0.1, -0.05) is 13.0 Å². The molecule has 1 unspecified atom stereocenters. The molecule has 0 aromatic heterocycles. The topological polar surface area (TPSA) is 78.9 Å². The molecule has 1 saturated heterocycles. The van der Waals surface area contributed by atoms with E-state index in [1.54, 1.807) is 19.1 Å². The van der Waals surface area contributed by atoms with Gasteiger partial charge in [0, 0.05) is 6.42 Å². The minimum absolute atomic E-state index is 0.104. The number of aliphatic hydroxyl groups is 1. The molecule has 2 N–H and O–H groups in total. The van der Waals surface area contributed by atoms with Crippen LogP contribution in [0.5, 0.6) is 0 Å². The molecule has 1 heterocycles. The molecule has 1 aromatic rings. The van der Waals surface area contributed by atoms with Crippen LogP contribution in [-0.2, 0) is 9.53 Å². The number of rotatable bonds is 5. The van der Waals surface area contributed by atoms with Gasteiger partial charge in [0.25, 0.3) is 0 Å². The molecule has 0 radical (unpaired) electrons. The highest BCUT2D eigenvalue weighted by atomic mass is 19.1. The van der Waals surface area contributed by atoms with Gasteiger partial charge in [-0.15, -0.1) is 0 Å². The SMILES string of the molecule is CCC(=O)NCC1CN(c2ccc(C3CCC(O)CC3)c(F)c2)C(=O)O1. The van der Waals surface area contributed by atoms with Crippen molar-refractivity contribution in [3.05, 3.63) is 29.6 Å². The van der Waals surface area contributed by atoms with Crippen molar-refractivity contribution in [1.82, 2.24) is 5.32 Å². The Labute approximate surface area is 152 Å². The normalized spacial score (nSPS) is 25.9. The molecular formula is C19H25FN2O4. The van der Waals surface area contributed by atoms with Gasteiger partial charge in [-0.05, 0) is 49.3 Å². The standard InChI is InChI=1S/C19H25FN2O4/c1-2-18(24)21-10-15-11-22(19(25)26-15)13-5-8-16(17(20)9-13)12-3-6-14(23)7-4-12/h5,8-9,12,14-15,23H,2-4,6-7,10-11H2,1H3,(H,21,24). The second-order valence-corrected chi connectivity index (χ2v) is 6.99. The van der Waals surface area contributed by atoms with Gasteiger partial charge in [-0.3, -0.25) is 9.69 Å². The summed E-state index contributed by atoms with van der Waals surface area (Å²) in [6.45, 7) is 2.27. The number of hydrogen-bond acceptors (Lipinski definition) is 4. The van der Waals surface area contributed by atoms with Crippen molar-refractivity contribution in [2.45, 2.75) is 57.2 Å². The van der Waals surface area contributed by atoms with Gasteiger partial charge in [0.05, 0.1) is 24.9 Å². The van der Waals surface area contributed by atoms with Crippen LogP contribution >= 0.6 is 0 Å². The van der Waals surface area contributed by atoms with Crippen molar-refractivity contribution < 1.29 is 23.8 Å². The highest BCUT2D eigenvalue weighted by Gasteiger charge is 2.33. The van der Waals surface area contributed by atoms with E-state index in [4.69, 9.17) is 4.74 Å².